The molecule has 8 nitrogen and oxygen atoms in total. The van der Waals surface area contributed by atoms with Crippen LogP contribution in [0.25, 0.3) is 11.1 Å². The predicted octanol–water partition coefficient (Wildman–Crippen LogP) is 5.41. The molecule has 2 aliphatic heterocycles. The Balaban J connectivity index is 0.000000270. The molecule has 2 heterocycles. The zero-order valence-electron chi connectivity index (χ0n) is 33.9. The average molecular weight is 725 g/mol. The third kappa shape index (κ3) is 7.99. The van der Waals surface area contributed by atoms with Crippen LogP contribution in [0.15, 0.2) is 23.5 Å². The number of nitrogens with one attached hydrogen (secondary N) is 2. The van der Waals surface area contributed by atoms with E-state index < -0.39 is 5.54 Å². The molecule has 2 saturated carbocycles. The van der Waals surface area contributed by atoms with Gasteiger partial charge in [0.05, 0.1) is 28.9 Å². The topological polar surface area (TPSA) is 127 Å². The van der Waals surface area contributed by atoms with Crippen LogP contribution in [0.3, 0.4) is 0 Å². The maximum absolute atomic E-state index is 13.0. The van der Waals surface area contributed by atoms with Crippen molar-refractivity contribution < 1.29 is 59.2 Å². The van der Waals surface area contributed by atoms with Crippen molar-refractivity contribution in [1.82, 2.24) is 10.6 Å². The van der Waals surface area contributed by atoms with Gasteiger partial charge in [0, 0.05) is 18.8 Å². The molecule has 0 atom stereocenters. The van der Waals surface area contributed by atoms with Gasteiger partial charge in [0.25, 0.3) is 11.8 Å². The van der Waals surface area contributed by atoms with E-state index in [9.17, 15) is 14.7 Å². The summed E-state index contributed by atoms with van der Waals surface area (Å²) in [5, 5.41) is 17.5. The Hall–Kier alpha value is -2.46. The smallest absolute Gasteiger partial charge is 0.870 e. The minimum atomic E-state index is -0.613. The first-order chi connectivity index (χ1) is 23.6. The van der Waals surface area contributed by atoms with E-state index in [2.05, 4.69) is 78.2 Å². The molecule has 0 aromatic heterocycles. The van der Waals surface area contributed by atoms with Crippen molar-refractivity contribution in [3.63, 3.8) is 0 Å². The first kappa shape index (κ1) is 43.9. The summed E-state index contributed by atoms with van der Waals surface area (Å²) in [6, 6.07) is 4.31. The fraction of sp³-hybridized carbons (Fsp3) is 0.581. The Morgan fingerprint density at radius 2 is 0.981 bits per heavy atom. The number of aliphatic hydroxyl groups excluding tert-OH is 1. The molecule has 4 aliphatic rings. The summed E-state index contributed by atoms with van der Waals surface area (Å²) in [7, 11) is 0. The van der Waals surface area contributed by atoms with E-state index in [0.717, 1.165) is 85.8 Å². The average Bonchev–Trinajstić information content (AvgIpc) is 3.45. The Morgan fingerprint density at radius 1 is 0.615 bits per heavy atom. The van der Waals surface area contributed by atoms with Gasteiger partial charge < -0.3 is 30.7 Å². The van der Waals surface area contributed by atoms with Crippen molar-refractivity contribution in [3.05, 3.63) is 79.1 Å². The number of carbonyl (C=O) groups is 2. The summed E-state index contributed by atoms with van der Waals surface area (Å²) in [5.41, 5.74) is 13.4. The minimum absolute atomic E-state index is 0. The van der Waals surface area contributed by atoms with Crippen LogP contribution < -0.4 is 40.2 Å². The van der Waals surface area contributed by atoms with E-state index in [1.54, 1.807) is 0 Å². The molecule has 0 saturated heterocycles. The molecule has 2 aliphatic carbocycles. The third-order valence-electron chi connectivity index (χ3n) is 12.5. The molecule has 0 radical (unpaired) electrons. The van der Waals surface area contributed by atoms with Crippen LogP contribution in [0.4, 0.5) is 0 Å². The van der Waals surface area contributed by atoms with E-state index in [-0.39, 0.29) is 64.2 Å². The minimum Gasteiger partial charge on any atom is -0.870 e. The van der Waals surface area contributed by atoms with Crippen molar-refractivity contribution in [2.75, 3.05) is 13.2 Å². The van der Waals surface area contributed by atoms with Crippen LogP contribution in [0.5, 0.6) is 0 Å². The number of ether oxygens (including phenoxy) is 2. The number of benzene rings is 2. The molecule has 2 aromatic rings. The first-order valence-electron chi connectivity index (χ1n) is 18.8. The second-order valence-corrected chi connectivity index (χ2v) is 15.4. The van der Waals surface area contributed by atoms with Crippen LogP contribution >= 0.6 is 0 Å². The van der Waals surface area contributed by atoms with Crippen molar-refractivity contribution >= 4 is 23.0 Å². The van der Waals surface area contributed by atoms with Crippen LogP contribution in [-0.4, -0.2) is 58.9 Å². The maximum atomic E-state index is 13.0. The monoisotopic (exact) mass is 724 g/mol. The van der Waals surface area contributed by atoms with Crippen LogP contribution in [-0.2, 0) is 19.1 Å². The normalized spacial score (nSPS) is 25.4. The Bertz CT molecular complexity index is 1610. The van der Waals surface area contributed by atoms with Gasteiger partial charge in [-0.25, -0.2) is 0 Å². The van der Waals surface area contributed by atoms with E-state index in [1.165, 1.54) is 39.0 Å². The molecule has 2 spiro atoms. The Kier molecular flexibility index (Phi) is 14.7. The summed E-state index contributed by atoms with van der Waals surface area (Å²) in [6.07, 6.45) is 7.72. The molecular formula is C43H61N2NaO6. The standard InChI is InChI=1S/C22H31NO2.C21H29NO3.Na.H2O/c1-7-25-18-8-10-22(11-9-18)17(6)20(21(24)23-22)19-14(3)12-13(2)15(4)16(19)5;1-6-25-16-7-9-21(10-8-16)19(23)18(20(24)22-21)17-13(3)11-12(2)14(4)15(17)5;;/h12,18H,7-11H2,1-6H3,(H,23,24);11,16,23H,6-10H2,1-5H3,(H,22,24);;1H2/q;;+1;/p-1. The number of aryl methyl sites for hydroxylation is 4. The molecule has 52 heavy (non-hydrogen) atoms. The van der Waals surface area contributed by atoms with Gasteiger partial charge in [-0.05, 0) is 189 Å². The molecule has 0 bridgehead atoms. The number of aliphatic hydroxyl groups is 1. The van der Waals surface area contributed by atoms with E-state index in [1.807, 2.05) is 20.8 Å². The van der Waals surface area contributed by atoms with E-state index in [4.69, 9.17) is 9.47 Å². The zero-order chi connectivity index (χ0) is 36.7. The largest absolute Gasteiger partial charge is 1.00 e. The Labute approximate surface area is 334 Å². The zero-order valence-corrected chi connectivity index (χ0v) is 35.9. The summed E-state index contributed by atoms with van der Waals surface area (Å²) >= 11 is 0. The molecule has 4 N–H and O–H groups in total. The SMILES string of the molecule is CCOC1CCC2(CC1)NC(=O)C(c1c(C)cc(C)c(C)c1C)=C2C.CCOC1CCC2(CC1)NC(=O)C(c1c(C)cc(C)c(C)c1C)=C2O.[Na+].[OH-]. The number of rotatable bonds is 6. The quantitative estimate of drug-likeness (QED) is 0.343. The molecule has 6 rings (SSSR count). The van der Waals surface area contributed by atoms with E-state index in [0.29, 0.717) is 18.3 Å². The molecule has 9 heteroatoms. The molecule has 2 fully saturated rings. The number of hydrogen-bond donors (Lipinski definition) is 3. The first-order valence-corrected chi connectivity index (χ1v) is 18.8. The molecule has 280 valence electrons. The molecule has 0 unspecified atom stereocenters. The van der Waals surface area contributed by atoms with Crippen LogP contribution in [0.2, 0.25) is 0 Å². The fourth-order valence-electron chi connectivity index (χ4n) is 9.17. The maximum Gasteiger partial charge on any atom is 1.00 e. The summed E-state index contributed by atoms with van der Waals surface area (Å²) in [6.45, 7) is 24.5. The van der Waals surface area contributed by atoms with Gasteiger partial charge in [-0.15, -0.1) is 0 Å². The van der Waals surface area contributed by atoms with Crippen molar-refractivity contribution in [2.24, 2.45) is 0 Å². The summed E-state index contributed by atoms with van der Waals surface area (Å²) in [5.74, 6) is 0.172. The van der Waals surface area contributed by atoms with Crippen LogP contribution in [0.1, 0.15) is 128 Å². The number of hydrogen-bond acceptors (Lipinski definition) is 6. The van der Waals surface area contributed by atoms with Crippen molar-refractivity contribution in [1.29, 1.82) is 0 Å². The number of carbonyl (C=O) groups excluding carboxylic acids is 2. The summed E-state index contributed by atoms with van der Waals surface area (Å²) in [4.78, 5) is 25.8. The second kappa shape index (κ2) is 17.3. The third-order valence-corrected chi connectivity index (χ3v) is 12.5. The number of amides is 2. The van der Waals surface area contributed by atoms with Crippen molar-refractivity contribution in [2.45, 2.75) is 151 Å². The second-order valence-electron chi connectivity index (χ2n) is 15.4. The van der Waals surface area contributed by atoms with Gasteiger partial charge >= 0.3 is 29.6 Å². The molecule has 2 amide bonds. The predicted molar refractivity (Wildman–Crippen MR) is 204 cm³/mol. The van der Waals surface area contributed by atoms with Gasteiger partial charge in [0.1, 0.15) is 5.76 Å². The molecular weight excluding hydrogens is 663 g/mol. The molecule has 2 aromatic carbocycles. The van der Waals surface area contributed by atoms with Gasteiger partial charge in [0.15, 0.2) is 0 Å². The van der Waals surface area contributed by atoms with Crippen LogP contribution in [0, 0.1) is 55.4 Å². The van der Waals surface area contributed by atoms with Gasteiger partial charge in [-0.2, -0.15) is 0 Å². The fourth-order valence-corrected chi connectivity index (χ4v) is 9.17. The van der Waals surface area contributed by atoms with Gasteiger partial charge in [0.2, 0.25) is 0 Å². The van der Waals surface area contributed by atoms with Gasteiger partial charge in [-0.3, -0.25) is 9.59 Å². The van der Waals surface area contributed by atoms with Gasteiger partial charge in [-0.1, -0.05) is 12.1 Å². The van der Waals surface area contributed by atoms with E-state index >= 15 is 0 Å². The Morgan fingerprint density at radius 3 is 1.40 bits per heavy atom. The van der Waals surface area contributed by atoms with Crippen molar-refractivity contribution in [3.8, 4) is 0 Å². The summed E-state index contributed by atoms with van der Waals surface area (Å²) < 4.78 is 11.5.